The van der Waals surface area contributed by atoms with Gasteiger partial charge in [0.15, 0.2) is 18.0 Å². The number of fused-ring (bicyclic) bond motifs is 1. The fourth-order valence-corrected chi connectivity index (χ4v) is 4.05. The molecule has 5 nitrogen and oxygen atoms in total. The molecule has 0 aliphatic carbocycles. The number of ether oxygens (including phenoxy) is 1. The fraction of sp³-hybridized carbons (Fsp3) is 0.367. The van der Waals surface area contributed by atoms with Gasteiger partial charge in [0, 0.05) is 5.56 Å². The van der Waals surface area contributed by atoms with Gasteiger partial charge < -0.3 is 20.1 Å². The van der Waals surface area contributed by atoms with Crippen molar-refractivity contribution in [3.63, 3.8) is 0 Å². The summed E-state index contributed by atoms with van der Waals surface area (Å²) in [6.07, 6.45) is 5.01. The topological polar surface area (TPSA) is 87.0 Å². The van der Waals surface area contributed by atoms with Gasteiger partial charge in [-0.1, -0.05) is 41.0 Å². The molecule has 35 heavy (non-hydrogen) atoms. The Hall–Kier alpha value is -3.31. The first-order valence-electron chi connectivity index (χ1n) is 12.0. The third-order valence-electron chi connectivity index (χ3n) is 6.10. The van der Waals surface area contributed by atoms with E-state index in [0.717, 1.165) is 16.7 Å². The van der Waals surface area contributed by atoms with Crippen LogP contribution in [0.3, 0.4) is 0 Å². The van der Waals surface area contributed by atoms with Crippen LogP contribution >= 0.6 is 0 Å². The van der Waals surface area contributed by atoms with E-state index in [1.54, 1.807) is 24.3 Å². The number of phenolic OH excluding ortho intramolecular Hbond substituents is 2. The molecule has 0 saturated heterocycles. The first-order valence-corrected chi connectivity index (χ1v) is 12.0. The first kappa shape index (κ1) is 26.3. The molecule has 0 spiro atoms. The monoisotopic (exact) mass is 476 g/mol. The Bertz CT molecular complexity index is 1200. The molecule has 2 aromatic carbocycles. The summed E-state index contributed by atoms with van der Waals surface area (Å²) in [5.41, 5.74) is 6.02. The zero-order valence-corrected chi connectivity index (χ0v) is 21.5. The quantitative estimate of drug-likeness (QED) is 0.408. The number of rotatable bonds is 7. The Morgan fingerprint density at radius 3 is 2.03 bits per heavy atom. The third-order valence-corrected chi connectivity index (χ3v) is 6.10. The van der Waals surface area contributed by atoms with E-state index < -0.39 is 18.0 Å². The van der Waals surface area contributed by atoms with Gasteiger partial charge in [0.2, 0.25) is 0 Å². The molecular weight excluding hydrogens is 440 g/mol. The Balaban J connectivity index is 2.11. The lowest BCUT2D eigenvalue weighted by atomic mass is 9.88. The summed E-state index contributed by atoms with van der Waals surface area (Å²) >= 11 is 0. The number of hydrogen-bond donors (Lipinski definition) is 3. The largest absolute Gasteiger partial charge is 0.508 e. The standard InChI is InChI=1S/C30H36O5/c1-17(2)7-10-20-15-22(12-14-25(20)31)29-28(34)27(33)24-16-21(11-8-18(3)4)26(32)23(30(24)35-29)13-9-19(5)6/h7-9,12,14-16,28-29,31-32,34H,10-11,13H2,1-6H3/t28-,29?/m0/s1. The second kappa shape index (κ2) is 11.0. The van der Waals surface area contributed by atoms with E-state index in [2.05, 4.69) is 0 Å². The number of aliphatic hydroxyl groups is 1. The van der Waals surface area contributed by atoms with Crippen molar-refractivity contribution in [3.05, 3.63) is 87.0 Å². The molecule has 0 radical (unpaired) electrons. The van der Waals surface area contributed by atoms with Crippen molar-refractivity contribution in [2.75, 3.05) is 0 Å². The molecule has 3 rings (SSSR count). The number of allylic oxidation sites excluding steroid dienone is 6. The molecular formula is C30H36O5. The molecule has 1 unspecified atom stereocenters. The average Bonchev–Trinajstić information content (AvgIpc) is 2.79. The van der Waals surface area contributed by atoms with E-state index >= 15 is 0 Å². The van der Waals surface area contributed by atoms with Crippen molar-refractivity contribution >= 4 is 5.78 Å². The maximum atomic E-state index is 13.4. The summed E-state index contributed by atoms with van der Waals surface area (Å²) in [4.78, 5) is 13.4. The van der Waals surface area contributed by atoms with Crippen molar-refractivity contribution in [1.29, 1.82) is 0 Å². The van der Waals surface area contributed by atoms with Crippen LogP contribution < -0.4 is 4.74 Å². The highest BCUT2D eigenvalue weighted by atomic mass is 16.5. The minimum atomic E-state index is -1.40. The fourth-order valence-electron chi connectivity index (χ4n) is 4.05. The van der Waals surface area contributed by atoms with Crippen LogP contribution in [0.1, 0.15) is 80.3 Å². The summed E-state index contributed by atoms with van der Waals surface area (Å²) in [7, 11) is 0. The number of carbonyl (C=O) groups excluding carboxylic acids is 1. The molecule has 2 aromatic rings. The van der Waals surface area contributed by atoms with Gasteiger partial charge >= 0.3 is 0 Å². The van der Waals surface area contributed by atoms with Crippen molar-refractivity contribution < 1.29 is 24.9 Å². The molecule has 0 fully saturated rings. The molecule has 1 aliphatic rings. The van der Waals surface area contributed by atoms with Gasteiger partial charge in [0.05, 0.1) is 5.56 Å². The lowest BCUT2D eigenvalue weighted by Gasteiger charge is -2.32. The van der Waals surface area contributed by atoms with Gasteiger partial charge in [-0.15, -0.1) is 0 Å². The van der Waals surface area contributed by atoms with E-state index in [9.17, 15) is 20.1 Å². The van der Waals surface area contributed by atoms with Crippen LogP contribution in [-0.2, 0) is 19.3 Å². The van der Waals surface area contributed by atoms with E-state index in [1.807, 2.05) is 59.8 Å². The van der Waals surface area contributed by atoms with Crippen LogP contribution in [0.5, 0.6) is 17.2 Å². The number of hydrogen-bond acceptors (Lipinski definition) is 5. The molecule has 1 heterocycles. The normalized spacial score (nSPS) is 16.7. The number of phenols is 2. The minimum Gasteiger partial charge on any atom is -0.508 e. The van der Waals surface area contributed by atoms with E-state index in [1.165, 1.54) is 0 Å². The maximum Gasteiger partial charge on any atom is 0.199 e. The van der Waals surface area contributed by atoms with E-state index in [0.29, 0.717) is 47.3 Å². The van der Waals surface area contributed by atoms with Crippen molar-refractivity contribution in [3.8, 4) is 17.2 Å². The second-order valence-electron chi connectivity index (χ2n) is 9.93. The predicted octanol–water partition coefficient (Wildman–Crippen LogP) is 6.30. The zero-order chi connectivity index (χ0) is 25.9. The van der Waals surface area contributed by atoms with Crippen LogP contribution in [0, 0.1) is 0 Å². The van der Waals surface area contributed by atoms with Crippen LogP contribution in [-0.4, -0.2) is 27.2 Å². The Morgan fingerprint density at radius 1 is 0.857 bits per heavy atom. The van der Waals surface area contributed by atoms with Gasteiger partial charge in [-0.2, -0.15) is 0 Å². The average molecular weight is 477 g/mol. The Labute approximate surface area is 208 Å². The second-order valence-corrected chi connectivity index (χ2v) is 9.93. The number of benzene rings is 2. The third kappa shape index (κ3) is 6.04. The van der Waals surface area contributed by atoms with Crippen LogP contribution in [0.25, 0.3) is 0 Å². The zero-order valence-electron chi connectivity index (χ0n) is 21.5. The van der Waals surface area contributed by atoms with Crippen molar-refractivity contribution in [2.24, 2.45) is 0 Å². The first-order chi connectivity index (χ1) is 16.5. The number of aromatic hydroxyl groups is 2. The summed E-state index contributed by atoms with van der Waals surface area (Å²) in [5, 5.41) is 32.4. The number of aliphatic hydroxyl groups excluding tert-OH is 1. The minimum absolute atomic E-state index is 0.108. The van der Waals surface area contributed by atoms with Gasteiger partial charge in [-0.3, -0.25) is 4.79 Å². The van der Waals surface area contributed by atoms with Gasteiger partial charge in [-0.05, 0) is 95.7 Å². The highest BCUT2D eigenvalue weighted by Crippen LogP contribution is 2.44. The SMILES string of the molecule is CC(C)=CCc1cc(C2Oc3c(cc(CC=C(C)C)c(O)c3CC=C(C)C)C(=O)[C@@H]2O)ccc1O. The van der Waals surface area contributed by atoms with Gasteiger partial charge in [0.25, 0.3) is 0 Å². The molecule has 2 atom stereocenters. The van der Waals surface area contributed by atoms with Crippen molar-refractivity contribution in [1.82, 2.24) is 0 Å². The molecule has 0 aromatic heterocycles. The maximum absolute atomic E-state index is 13.4. The lowest BCUT2D eigenvalue weighted by molar-refractivity contribution is 0.0211. The van der Waals surface area contributed by atoms with Crippen LogP contribution in [0.4, 0.5) is 0 Å². The molecule has 5 heteroatoms. The summed E-state index contributed by atoms with van der Waals surface area (Å²) in [6, 6.07) is 6.62. The van der Waals surface area contributed by atoms with E-state index in [4.69, 9.17) is 4.74 Å². The number of carbonyl (C=O) groups is 1. The lowest BCUT2D eigenvalue weighted by Crippen LogP contribution is -2.36. The number of Topliss-reactive ketones (excluding diaryl/α,β-unsaturated/α-hetero) is 1. The number of ketones is 1. The highest BCUT2D eigenvalue weighted by molar-refractivity contribution is 6.04. The molecule has 3 N–H and O–H groups in total. The Kier molecular flexibility index (Phi) is 8.23. The molecule has 0 bridgehead atoms. The summed E-state index contributed by atoms with van der Waals surface area (Å²) in [6.45, 7) is 11.9. The van der Waals surface area contributed by atoms with Gasteiger partial charge in [0.1, 0.15) is 17.2 Å². The van der Waals surface area contributed by atoms with E-state index in [-0.39, 0.29) is 17.1 Å². The van der Waals surface area contributed by atoms with Crippen LogP contribution in [0.2, 0.25) is 0 Å². The van der Waals surface area contributed by atoms with Crippen LogP contribution in [0.15, 0.2) is 59.2 Å². The Morgan fingerprint density at radius 2 is 1.43 bits per heavy atom. The summed E-state index contributed by atoms with van der Waals surface area (Å²) < 4.78 is 6.27. The highest BCUT2D eigenvalue weighted by Gasteiger charge is 2.39. The smallest absolute Gasteiger partial charge is 0.199 e. The predicted molar refractivity (Wildman–Crippen MR) is 139 cm³/mol. The molecule has 0 saturated carbocycles. The van der Waals surface area contributed by atoms with Gasteiger partial charge in [-0.25, -0.2) is 0 Å². The molecule has 1 aliphatic heterocycles. The molecule has 186 valence electrons. The molecule has 0 amide bonds. The van der Waals surface area contributed by atoms with Crippen molar-refractivity contribution in [2.45, 2.75) is 73.0 Å². The summed E-state index contributed by atoms with van der Waals surface area (Å²) in [5.74, 6) is 0.123.